The monoisotopic (exact) mass is 272 g/mol. The molecule has 0 aromatic rings. The molecule has 5 aliphatic rings. The van der Waals surface area contributed by atoms with E-state index in [1.807, 2.05) is 0 Å². The Balaban J connectivity index is 1.36. The van der Waals surface area contributed by atoms with Crippen LogP contribution in [0.2, 0.25) is 0 Å². The van der Waals surface area contributed by atoms with Crippen LogP contribution in [0.1, 0.15) is 77.0 Å². The molecule has 5 atom stereocenters. The van der Waals surface area contributed by atoms with Crippen molar-refractivity contribution in [1.29, 1.82) is 0 Å². The van der Waals surface area contributed by atoms with E-state index in [0.29, 0.717) is 0 Å². The fraction of sp³-hybridized carbons (Fsp3) is 1.00. The van der Waals surface area contributed by atoms with Crippen molar-refractivity contribution in [3.8, 4) is 0 Å². The molecule has 5 saturated carbocycles. The Morgan fingerprint density at radius 1 is 0.450 bits per heavy atom. The van der Waals surface area contributed by atoms with Crippen LogP contribution >= 0.6 is 0 Å². The molecule has 5 fully saturated rings. The van der Waals surface area contributed by atoms with Crippen LogP contribution in [0, 0.1) is 47.3 Å². The summed E-state index contributed by atoms with van der Waals surface area (Å²) in [5.74, 6) is 9.35. The molecule has 0 heterocycles. The van der Waals surface area contributed by atoms with E-state index in [4.69, 9.17) is 0 Å². The fourth-order valence-corrected chi connectivity index (χ4v) is 8.00. The first-order chi connectivity index (χ1) is 9.88. The van der Waals surface area contributed by atoms with Crippen molar-refractivity contribution in [3.63, 3.8) is 0 Å². The summed E-state index contributed by atoms with van der Waals surface area (Å²) in [6, 6.07) is 0. The van der Waals surface area contributed by atoms with Crippen LogP contribution in [0.25, 0.3) is 0 Å². The molecule has 5 rings (SSSR count). The normalized spacial score (nSPS) is 57.6. The second kappa shape index (κ2) is 4.75. The van der Waals surface area contributed by atoms with Gasteiger partial charge >= 0.3 is 0 Å². The Labute approximate surface area is 125 Å². The third-order valence-corrected chi connectivity index (χ3v) is 8.54. The maximum atomic E-state index is 1.66. The van der Waals surface area contributed by atoms with Crippen LogP contribution in [0.4, 0.5) is 0 Å². The van der Waals surface area contributed by atoms with Crippen molar-refractivity contribution >= 4 is 0 Å². The van der Waals surface area contributed by atoms with Crippen LogP contribution in [0.3, 0.4) is 0 Å². The standard InChI is InChI=1S/C20H32/c1-3-14-4-2-6-17-12-18(11-16(5-1)20(14)17)19-10-13-7-8-15(19)9-13/h13-20H,1-12H2. The van der Waals surface area contributed by atoms with Gasteiger partial charge in [0.15, 0.2) is 0 Å². The Morgan fingerprint density at radius 3 is 1.75 bits per heavy atom. The molecule has 0 saturated heterocycles. The zero-order chi connectivity index (χ0) is 13.1. The predicted octanol–water partition coefficient (Wildman–Crippen LogP) is 5.67. The lowest BCUT2D eigenvalue weighted by Gasteiger charge is -2.53. The van der Waals surface area contributed by atoms with Crippen molar-refractivity contribution in [2.45, 2.75) is 77.0 Å². The minimum atomic E-state index is 1.16. The first-order valence-electron chi connectivity index (χ1n) is 9.88. The zero-order valence-corrected chi connectivity index (χ0v) is 13.1. The molecule has 5 aliphatic carbocycles. The molecule has 5 unspecified atom stereocenters. The van der Waals surface area contributed by atoms with Gasteiger partial charge in [0.1, 0.15) is 0 Å². The largest absolute Gasteiger partial charge is 0.0528 e. The van der Waals surface area contributed by atoms with Crippen LogP contribution in [-0.4, -0.2) is 0 Å². The van der Waals surface area contributed by atoms with Gasteiger partial charge in [-0.25, -0.2) is 0 Å². The van der Waals surface area contributed by atoms with E-state index in [9.17, 15) is 0 Å². The molecule has 0 amide bonds. The smallest absolute Gasteiger partial charge is 0.0329 e. The molecule has 112 valence electrons. The molecule has 0 radical (unpaired) electrons. The van der Waals surface area contributed by atoms with Gasteiger partial charge in [-0.15, -0.1) is 0 Å². The molecule has 0 aliphatic heterocycles. The van der Waals surface area contributed by atoms with Crippen molar-refractivity contribution in [1.82, 2.24) is 0 Å². The summed E-state index contributed by atoms with van der Waals surface area (Å²) >= 11 is 0. The highest BCUT2D eigenvalue weighted by Gasteiger charge is 2.50. The molecule has 0 heteroatoms. The number of hydrogen-bond acceptors (Lipinski definition) is 0. The first kappa shape index (κ1) is 12.5. The maximum absolute atomic E-state index is 1.66. The fourth-order valence-electron chi connectivity index (χ4n) is 8.00. The molecule has 0 nitrogen and oxygen atoms in total. The second-order valence-electron chi connectivity index (χ2n) is 9.29. The summed E-state index contributed by atoms with van der Waals surface area (Å²) < 4.78 is 0. The maximum Gasteiger partial charge on any atom is -0.0329 e. The molecular formula is C20H32. The van der Waals surface area contributed by atoms with Crippen molar-refractivity contribution in [2.24, 2.45) is 47.3 Å². The van der Waals surface area contributed by atoms with Gasteiger partial charge in [-0.2, -0.15) is 0 Å². The third-order valence-electron chi connectivity index (χ3n) is 8.54. The first-order valence-corrected chi connectivity index (χ1v) is 9.88. The summed E-state index contributed by atoms with van der Waals surface area (Å²) in [5, 5.41) is 0. The third kappa shape index (κ3) is 1.85. The molecule has 0 N–H and O–H groups in total. The molecule has 20 heavy (non-hydrogen) atoms. The topological polar surface area (TPSA) is 0 Å². The summed E-state index contributed by atoms with van der Waals surface area (Å²) in [6.45, 7) is 0. The summed E-state index contributed by atoms with van der Waals surface area (Å²) in [5.41, 5.74) is 0. The number of rotatable bonds is 1. The van der Waals surface area contributed by atoms with Gasteiger partial charge in [0.05, 0.1) is 0 Å². The minimum absolute atomic E-state index is 1.16. The number of hydrogen-bond donors (Lipinski definition) is 0. The highest BCUT2D eigenvalue weighted by molar-refractivity contribution is 5.00. The van der Waals surface area contributed by atoms with Crippen LogP contribution in [-0.2, 0) is 0 Å². The lowest BCUT2D eigenvalue weighted by Crippen LogP contribution is -2.44. The molecule has 0 spiro atoms. The van der Waals surface area contributed by atoms with Gasteiger partial charge in [0.25, 0.3) is 0 Å². The Hall–Kier alpha value is 0. The Bertz CT molecular complexity index is 352. The molecule has 2 bridgehead atoms. The minimum Gasteiger partial charge on any atom is -0.0528 e. The lowest BCUT2D eigenvalue weighted by molar-refractivity contribution is -0.0301. The SMILES string of the molecule is C1CC2CCCC3CC(C4CC5CCC4C5)CC(C1)C23. The molecule has 0 aromatic carbocycles. The highest BCUT2D eigenvalue weighted by Crippen LogP contribution is 2.59. The summed E-state index contributed by atoms with van der Waals surface area (Å²) in [6.07, 6.45) is 19.3. The zero-order valence-electron chi connectivity index (χ0n) is 13.1. The van der Waals surface area contributed by atoms with Crippen LogP contribution in [0.15, 0.2) is 0 Å². The van der Waals surface area contributed by atoms with Crippen molar-refractivity contribution < 1.29 is 0 Å². The van der Waals surface area contributed by atoms with E-state index in [2.05, 4.69) is 0 Å². The van der Waals surface area contributed by atoms with E-state index in [0.717, 1.165) is 29.6 Å². The van der Waals surface area contributed by atoms with Gasteiger partial charge in [0.2, 0.25) is 0 Å². The highest BCUT2D eigenvalue weighted by atomic mass is 14.5. The quantitative estimate of drug-likeness (QED) is 0.577. The molecule has 0 aromatic heterocycles. The number of fused-ring (bicyclic) bond motifs is 2. The lowest BCUT2D eigenvalue weighted by atomic mass is 9.52. The van der Waals surface area contributed by atoms with E-state index in [1.54, 1.807) is 77.0 Å². The van der Waals surface area contributed by atoms with Gasteiger partial charge in [-0.1, -0.05) is 44.9 Å². The van der Waals surface area contributed by atoms with Gasteiger partial charge < -0.3 is 0 Å². The van der Waals surface area contributed by atoms with Crippen molar-refractivity contribution in [2.75, 3.05) is 0 Å². The summed E-state index contributed by atoms with van der Waals surface area (Å²) in [7, 11) is 0. The van der Waals surface area contributed by atoms with Crippen LogP contribution < -0.4 is 0 Å². The average molecular weight is 272 g/mol. The van der Waals surface area contributed by atoms with Gasteiger partial charge in [0, 0.05) is 0 Å². The average Bonchev–Trinajstić information content (AvgIpc) is 3.10. The summed E-state index contributed by atoms with van der Waals surface area (Å²) in [4.78, 5) is 0. The van der Waals surface area contributed by atoms with E-state index in [1.165, 1.54) is 17.8 Å². The second-order valence-corrected chi connectivity index (χ2v) is 9.29. The van der Waals surface area contributed by atoms with Gasteiger partial charge in [-0.05, 0) is 79.4 Å². The Kier molecular flexibility index (Phi) is 2.98. The van der Waals surface area contributed by atoms with Crippen molar-refractivity contribution in [3.05, 3.63) is 0 Å². The van der Waals surface area contributed by atoms with Crippen LogP contribution in [0.5, 0.6) is 0 Å². The predicted molar refractivity (Wildman–Crippen MR) is 83.3 cm³/mol. The Morgan fingerprint density at radius 2 is 1.15 bits per heavy atom. The van der Waals surface area contributed by atoms with E-state index >= 15 is 0 Å². The van der Waals surface area contributed by atoms with Gasteiger partial charge in [-0.3, -0.25) is 0 Å². The molecular weight excluding hydrogens is 240 g/mol. The van der Waals surface area contributed by atoms with E-state index < -0.39 is 0 Å². The van der Waals surface area contributed by atoms with E-state index in [-0.39, 0.29) is 0 Å².